The Balaban J connectivity index is 1.55. The highest BCUT2D eigenvalue weighted by atomic mass is 32.1. The topological polar surface area (TPSA) is 80.5 Å². The molecule has 1 amide bonds. The first-order valence-corrected chi connectivity index (χ1v) is 8.27. The van der Waals surface area contributed by atoms with Crippen LogP contribution in [0, 0.1) is 5.92 Å². The smallest absolute Gasteiger partial charge is 0.258 e. The van der Waals surface area contributed by atoms with E-state index in [1.165, 1.54) is 24.4 Å². The third kappa shape index (κ3) is 3.85. The Labute approximate surface area is 128 Å². The summed E-state index contributed by atoms with van der Waals surface area (Å²) in [6, 6.07) is 0.317. The van der Waals surface area contributed by atoms with E-state index in [0.717, 1.165) is 36.9 Å². The molecule has 3 rings (SSSR count). The van der Waals surface area contributed by atoms with E-state index < -0.39 is 0 Å². The number of nitrogens with one attached hydrogen (secondary N) is 1. The second-order valence-corrected chi connectivity index (χ2v) is 6.69. The lowest BCUT2D eigenvalue weighted by molar-refractivity contribution is 0.0952. The third-order valence-corrected chi connectivity index (χ3v) is 4.79. The summed E-state index contributed by atoms with van der Waals surface area (Å²) in [7, 11) is 1.95. The van der Waals surface area contributed by atoms with Crippen LogP contribution in [0.5, 0.6) is 0 Å². The third-order valence-electron chi connectivity index (χ3n) is 3.81. The number of hydrogen-bond donors (Lipinski definition) is 2. The van der Waals surface area contributed by atoms with Gasteiger partial charge in [0, 0.05) is 26.2 Å². The number of hydrogen-bond acceptors (Lipinski definition) is 6. The van der Waals surface area contributed by atoms with Gasteiger partial charge in [0.2, 0.25) is 0 Å². The molecule has 0 spiro atoms. The zero-order valence-corrected chi connectivity index (χ0v) is 13.1. The molecule has 0 aliphatic heterocycles. The highest BCUT2D eigenvalue weighted by molar-refractivity contribution is 7.11. The summed E-state index contributed by atoms with van der Waals surface area (Å²) in [4.78, 5) is 14.3. The van der Waals surface area contributed by atoms with E-state index in [1.54, 1.807) is 0 Å². The van der Waals surface area contributed by atoms with Crippen LogP contribution < -0.4 is 16.0 Å². The predicted octanol–water partition coefficient (Wildman–Crippen LogP) is 1.48. The van der Waals surface area contributed by atoms with Crippen molar-refractivity contribution < 1.29 is 9.53 Å². The van der Waals surface area contributed by atoms with Gasteiger partial charge < -0.3 is 20.7 Å². The molecule has 7 heteroatoms. The van der Waals surface area contributed by atoms with Gasteiger partial charge in [-0.25, -0.2) is 0 Å². The Morgan fingerprint density at radius 1 is 1.48 bits per heavy atom. The van der Waals surface area contributed by atoms with Crippen molar-refractivity contribution in [3.05, 3.63) is 5.56 Å². The lowest BCUT2D eigenvalue weighted by atomic mass is 10.2. The fourth-order valence-electron chi connectivity index (χ4n) is 2.09. The molecule has 0 saturated heterocycles. The molecule has 116 valence electrons. The summed E-state index contributed by atoms with van der Waals surface area (Å²) < 4.78 is 9.77. The number of nitrogens with zero attached hydrogens (tertiary/aromatic N) is 2. The molecule has 2 saturated carbocycles. The van der Waals surface area contributed by atoms with Gasteiger partial charge >= 0.3 is 0 Å². The zero-order valence-electron chi connectivity index (χ0n) is 12.3. The molecule has 2 aliphatic carbocycles. The lowest BCUT2D eigenvalue weighted by Crippen LogP contribution is -2.29. The quantitative estimate of drug-likeness (QED) is 0.711. The number of ether oxygens (including phenoxy) is 1. The summed E-state index contributed by atoms with van der Waals surface area (Å²) in [5.41, 5.74) is 6.37. The molecule has 1 heterocycles. The molecule has 1 aromatic heterocycles. The van der Waals surface area contributed by atoms with Crippen molar-refractivity contribution in [2.24, 2.45) is 5.92 Å². The van der Waals surface area contributed by atoms with Crippen LogP contribution in [0.1, 0.15) is 36.0 Å². The molecule has 2 fully saturated rings. The van der Waals surface area contributed by atoms with Gasteiger partial charge in [-0.2, -0.15) is 4.37 Å². The van der Waals surface area contributed by atoms with Crippen LogP contribution in [-0.4, -0.2) is 43.1 Å². The molecule has 3 N–H and O–H groups in total. The molecule has 0 bridgehead atoms. The van der Waals surface area contributed by atoms with Crippen molar-refractivity contribution in [2.45, 2.75) is 31.7 Å². The van der Waals surface area contributed by atoms with Crippen LogP contribution in [0.25, 0.3) is 0 Å². The first kappa shape index (κ1) is 14.6. The Hall–Kier alpha value is -1.34. The molecule has 0 aromatic carbocycles. The van der Waals surface area contributed by atoms with E-state index in [2.05, 4.69) is 9.69 Å². The van der Waals surface area contributed by atoms with Crippen LogP contribution in [0.15, 0.2) is 0 Å². The van der Waals surface area contributed by atoms with E-state index in [0.29, 0.717) is 24.0 Å². The maximum absolute atomic E-state index is 12.2. The van der Waals surface area contributed by atoms with Crippen molar-refractivity contribution in [3.8, 4) is 0 Å². The minimum absolute atomic E-state index is 0.107. The van der Waals surface area contributed by atoms with Gasteiger partial charge in [-0.3, -0.25) is 4.79 Å². The number of aromatic nitrogens is 1. The van der Waals surface area contributed by atoms with Crippen molar-refractivity contribution in [1.29, 1.82) is 0 Å². The van der Waals surface area contributed by atoms with Gasteiger partial charge in [-0.05, 0) is 43.1 Å². The molecular weight excluding hydrogens is 288 g/mol. The lowest BCUT2D eigenvalue weighted by Gasteiger charge is -2.18. The standard InChI is InChI=1S/C14H22N4O2S/c1-18(6-7-20-8-9-2-3-9)14-11(12(15)17-21-14)13(19)16-10-4-5-10/h9-10H,2-8H2,1H3,(H2,15,17)(H,16,19). The fourth-order valence-corrected chi connectivity index (χ4v) is 2.89. The Kier molecular flexibility index (Phi) is 4.30. The summed E-state index contributed by atoms with van der Waals surface area (Å²) in [6.07, 6.45) is 4.71. The molecule has 0 radical (unpaired) electrons. The fraction of sp³-hybridized carbons (Fsp3) is 0.714. The number of carbonyl (C=O) groups excluding carboxylic acids is 1. The minimum Gasteiger partial charge on any atom is -0.382 e. The number of nitrogen functional groups attached to an aromatic ring is 1. The minimum atomic E-state index is -0.107. The first-order valence-electron chi connectivity index (χ1n) is 7.50. The molecule has 6 nitrogen and oxygen atoms in total. The number of nitrogens with two attached hydrogens (primary N) is 1. The summed E-state index contributed by atoms with van der Waals surface area (Å²) in [6.45, 7) is 2.25. The van der Waals surface area contributed by atoms with Crippen molar-refractivity contribution in [2.75, 3.05) is 37.4 Å². The van der Waals surface area contributed by atoms with E-state index in [4.69, 9.17) is 10.5 Å². The van der Waals surface area contributed by atoms with Crippen LogP contribution in [0.2, 0.25) is 0 Å². The van der Waals surface area contributed by atoms with Crippen LogP contribution in [-0.2, 0) is 4.74 Å². The van der Waals surface area contributed by atoms with Crippen molar-refractivity contribution >= 4 is 28.3 Å². The van der Waals surface area contributed by atoms with Crippen LogP contribution in [0.4, 0.5) is 10.8 Å². The van der Waals surface area contributed by atoms with Gasteiger partial charge in [0.05, 0.1) is 6.61 Å². The van der Waals surface area contributed by atoms with Crippen molar-refractivity contribution in [3.63, 3.8) is 0 Å². The Morgan fingerprint density at radius 2 is 2.24 bits per heavy atom. The monoisotopic (exact) mass is 310 g/mol. The highest BCUT2D eigenvalue weighted by Gasteiger charge is 2.28. The molecule has 1 aromatic rings. The molecule has 21 heavy (non-hydrogen) atoms. The second kappa shape index (κ2) is 6.19. The summed E-state index contributed by atoms with van der Waals surface area (Å²) in [5, 5.41) is 3.79. The Morgan fingerprint density at radius 3 is 2.90 bits per heavy atom. The normalized spacial score (nSPS) is 17.8. The first-order chi connectivity index (χ1) is 10.1. The van der Waals surface area contributed by atoms with E-state index in [9.17, 15) is 4.79 Å². The number of likely N-dealkylation sites (N-methyl/N-ethyl adjacent to an activating group) is 1. The summed E-state index contributed by atoms with van der Waals surface area (Å²) in [5.74, 6) is 0.984. The highest BCUT2D eigenvalue weighted by Crippen LogP contribution is 2.31. The number of amides is 1. The summed E-state index contributed by atoms with van der Waals surface area (Å²) >= 11 is 1.27. The van der Waals surface area contributed by atoms with Crippen molar-refractivity contribution in [1.82, 2.24) is 9.69 Å². The van der Waals surface area contributed by atoms with E-state index in [-0.39, 0.29) is 5.91 Å². The molecule has 2 aliphatic rings. The SMILES string of the molecule is CN(CCOCC1CC1)c1snc(N)c1C(=O)NC1CC1. The molecular formula is C14H22N4O2S. The number of anilines is 2. The number of rotatable bonds is 8. The van der Waals surface area contributed by atoms with Crippen LogP contribution >= 0.6 is 11.5 Å². The molecule has 0 atom stereocenters. The van der Waals surface area contributed by atoms with E-state index in [1.807, 2.05) is 11.9 Å². The Bertz CT molecular complexity index is 511. The van der Waals surface area contributed by atoms with Gasteiger partial charge in [-0.15, -0.1) is 0 Å². The second-order valence-electron chi connectivity index (χ2n) is 5.94. The van der Waals surface area contributed by atoms with Gasteiger partial charge in [0.1, 0.15) is 10.6 Å². The average Bonchev–Trinajstić information content (AvgIpc) is 3.36. The zero-order chi connectivity index (χ0) is 14.8. The van der Waals surface area contributed by atoms with Crippen LogP contribution in [0.3, 0.4) is 0 Å². The number of carbonyl (C=O) groups is 1. The van der Waals surface area contributed by atoms with Gasteiger partial charge in [0.15, 0.2) is 5.82 Å². The van der Waals surface area contributed by atoms with Gasteiger partial charge in [-0.1, -0.05) is 0 Å². The maximum atomic E-state index is 12.2. The van der Waals surface area contributed by atoms with Gasteiger partial charge in [0.25, 0.3) is 5.91 Å². The molecule has 0 unspecified atom stereocenters. The van der Waals surface area contributed by atoms with E-state index >= 15 is 0 Å². The maximum Gasteiger partial charge on any atom is 0.258 e. The largest absolute Gasteiger partial charge is 0.382 e. The predicted molar refractivity (Wildman–Crippen MR) is 83.8 cm³/mol. The average molecular weight is 310 g/mol.